The summed E-state index contributed by atoms with van der Waals surface area (Å²) in [5.41, 5.74) is 3.21. The Balaban J connectivity index is 1.73. The Labute approximate surface area is 167 Å². The van der Waals surface area contributed by atoms with Crippen LogP contribution in [0.25, 0.3) is 32.7 Å². The molecule has 4 aromatic rings. The number of β-amino-alcohol motifs (C(OH)–C–C–N with tert-alkyl or cyclic N) is 1. The van der Waals surface area contributed by atoms with Gasteiger partial charge in [-0.05, 0) is 30.5 Å². The molecule has 5 rings (SSSR count). The molecule has 1 aliphatic heterocycles. The molecule has 1 atom stereocenters. The number of hydrogen-bond acceptors (Lipinski definition) is 6. The first-order valence-corrected chi connectivity index (χ1v) is 10.4. The van der Waals surface area contributed by atoms with E-state index in [1.54, 1.807) is 23.7 Å². The van der Waals surface area contributed by atoms with Gasteiger partial charge in [0.15, 0.2) is 5.82 Å². The first-order chi connectivity index (χ1) is 13.8. The first-order valence-electron chi connectivity index (χ1n) is 9.47. The van der Waals surface area contributed by atoms with E-state index in [-0.39, 0.29) is 6.10 Å². The van der Waals surface area contributed by atoms with E-state index in [1.807, 2.05) is 30.3 Å². The predicted molar refractivity (Wildman–Crippen MR) is 114 cm³/mol. The molecule has 1 aromatic carbocycles. The van der Waals surface area contributed by atoms with Gasteiger partial charge in [-0.1, -0.05) is 30.3 Å². The number of thiophene rings is 1. The summed E-state index contributed by atoms with van der Waals surface area (Å²) in [5, 5.41) is 13.5. The Morgan fingerprint density at radius 1 is 1.04 bits per heavy atom. The molecule has 0 amide bonds. The average molecular weight is 388 g/mol. The topological polar surface area (TPSA) is 62.1 Å². The molecule has 0 unspecified atom stereocenters. The molecule has 0 saturated carbocycles. The molecule has 0 spiro atoms. The van der Waals surface area contributed by atoms with Gasteiger partial charge >= 0.3 is 0 Å². The average Bonchev–Trinajstić information content (AvgIpc) is 3.18. The number of aliphatic hydroxyl groups excluding tert-OH is 1. The van der Waals surface area contributed by atoms with E-state index in [9.17, 15) is 5.11 Å². The maximum absolute atomic E-state index is 10.2. The lowest BCUT2D eigenvalue weighted by atomic mass is 10.0. The zero-order valence-corrected chi connectivity index (χ0v) is 16.1. The molecule has 6 heteroatoms. The summed E-state index contributed by atoms with van der Waals surface area (Å²) in [6.07, 6.45) is 5.03. The fourth-order valence-electron chi connectivity index (χ4n) is 3.75. The predicted octanol–water partition coefficient (Wildman–Crippen LogP) is 4.38. The molecule has 0 radical (unpaired) electrons. The first kappa shape index (κ1) is 17.3. The number of aliphatic hydroxyl groups is 1. The van der Waals surface area contributed by atoms with Gasteiger partial charge < -0.3 is 10.0 Å². The third-order valence-corrected chi connectivity index (χ3v) is 5.99. The highest BCUT2D eigenvalue weighted by Crippen LogP contribution is 2.40. The van der Waals surface area contributed by atoms with Gasteiger partial charge in [-0.15, -0.1) is 11.3 Å². The van der Waals surface area contributed by atoms with Gasteiger partial charge in [0.1, 0.15) is 10.6 Å². The van der Waals surface area contributed by atoms with E-state index in [0.717, 1.165) is 52.1 Å². The minimum atomic E-state index is -0.320. The van der Waals surface area contributed by atoms with Crippen molar-refractivity contribution in [2.24, 2.45) is 0 Å². The van der Waals surface area contributed by atoms with Crippen molar-refractivity contribution in [1.29, 1.82) is 0 Å². The van der Waals surface area contributed by atoms with Crippen LogP contribution in [-0.4, -0.2) is 39.3 Å². The lowest BCUT2D eigenvalue weighted by Gasteiger charge is -2.31. The molecule has 5 nitrogen and oxygen atoms in total. The highest BCUT2D eigenvalue weighted by Gasteiger charge is 2.24. The molecule has 3 aromatic heterocycles. The SMILES string of the molecule is O[C@H]1CCCN(c2nc(-c3cccnc3)nc3scc(-c4ccccc4)c23)C1. The van der Waals surface area contributed by atoms with Gasteiger partial charge in [-0.3, -0.25) is 4.98 Å². The van der Waals surface area contributed by atoms with E-state index < -0.39 is 0 Å². The van der Waals surface area contributed by atoms with E-state index >= 15 is 0 Å². The number of fused-ring (bicyclic) bond motifs is 1. The van der Waals surface area contributed by atoms with Crippen LogP contribution in [0.5, 0.6) is 0 Å². The Hall–Kier alpha value is -2.83. The quantitative estimate of drug-likeness (QED) is 0.564. The van der Waals surface area contributed by atoms with Gasteiger partial charge in [-0.2, -0.15) is 0 Å². The Morgan fingerprint density at radius 2 is 1.89 bits per heavy atom. The molecular weight excluding hydrogens is 368 g/mol. The number of rotatable bonds is 3. The van der Waals surface area contributed by atoms with Crippen molar-refractivity contribution in [3.05, 3.63) is 60.2 Å². The van der Waals surface area contributed by atoms with Gasteiger partial charge in [0, 0.05) is 42.0 Å². The second-order valence-electron chi connectivity index (χ2n) is 7.05. The Kier molecular flexibility index (Phi) is 4.50. The van der Waals surface area contributed by atoms with Gasteiger partial charge in [0.25, 0.3) is 0 Å². The smallest absolute Gasteiger partial charge is 0.164 e. The van der Waals surface area contributed by atoms with Crippen molar-refractivity contribution in [1.82, 2.24) is 15.0 Å². The Bertz CT molecular complexity index is 1100. The monoisotopic (exact) mass is 388 g/mol. The van der Waals surface area contributed by atoms with Crippen LogP contribution in [0.15, 0.2) is 60.2 Å². The number of pyridine rings is 1. The normalized spacial score (nSPS) is 17.2. The second kappa shape index (κ2) is 7.30. The summed E-state index contributed by atoms with van der Waals surface area (Å²) in [5.74, 6) is 1.58. The summed E-state index contributed by atoms with van der Waals surface area (Å²) in [7, 11) is 0. The zero-order chi connectivity index (χ0) is 18.9. The van der Waals surface area contributed by atoms with Crippen molar-refractivity contribution < 1.29 is 5.11 Å². The molecular formula is C22H20N4OS. The van der Waals surface area contributed by atoms with Gasteiger partial charge in [0.2, 0.25) is 0 Å². The van der Waals surface area contributed by atoms with Crippen LogP contribution >= 0.6 is 11.3 Å². The minimum Gasteiger partial charge on any atom is -0.391 e. The summed E-state index contributed by atoms with van der Waals surface area (Å²) in [4.78, 5) is 17.2. The molecule has 1 aliphatic rings. The summed E-state index contributed by atoms with van der Waals surface area (Å²) >= 11 is 1.64. The van der Waals surface area contributed by atoms with E-state index in [2.05, 4.69) is 27.4 Å². The number of piperidine rings is 1. The van der Waals surface area contributed by atoms with Gasteiger partial charge in [0.05, 0.1) is 11.5 Å². The third-order valence-electron chi connectivity index (χ3n) is 5.12. The summed E-state index contributed by atoms with van der Waals surface area (Å²) in [6, 6.07) is 14.2. The fourth-order valence-corrected chi connectivity index (χ4v) is 4.70. The number of benzene rings is 1. The maximum Gasteiger partial charge on any atom is 0.164 e. The molecule has 1 N–H and O–H groups in total. The Morgan fingerprint density at radius 3 is 2.68 bits per heavy atom. The molecule has 4 heterocycles. The van der Waals surface area contributed by atoms with E-state index in [4.69, 9.17) is 9.97 Å². The minimum absolute atomic E-state index is 0.320. The van der Waals surface area contributed by atoms with Crippen molar-refractivity contribution in [2.75, 3.05) is 18.0 Å². The molecule has 1 saturated heterocycles. The van der Waals surface area contributed by atoms with Crippen molar-refractivity contribution in [3.63, 3.8) is 0 Å². The third kappa shape index (κ3) is 3.15. The lowest BCUT2D eigenvalue weighted by molar-refractivity contribution is 0.154. The van der Waals surface area contributed by atoms with Crippen LogP contribution in [-0.2, 0) is 0 Å². The van der Waals surface area contributed by atoms with Crippen LogP contribution in [0.3, 0.4) is 0 Å². The van der Waals surface area contributed by atoms with Crippen molar-refractivity contribution in [3.8, 4) is 22.5 Å². The van der Waals surface area contributed by atoms with E-state index in [1.165, 1.54) is 0 Å². The molecule has 0 bridgehead atoms. The van der Waals surface area contributed by atoms with Gasteiger partial charge in [-0.25, -0.2) is 9.97 Å². The molecule has 28 heavy (non-hydrogen) atoms. The zero-order valence-electron chi connectivity index (χ0n) is 15.3. The molecule has 0 aliphatic carbocycles. The number of hydrogen-bond donors (Lipinski definition) is 1. The summed E-state index contributed by atoms with van der Waals surface area (Å²) < 4.78 is 0. The largest absolute Gasteiger partial charge is 0.391 e. The maximum atomic E-state index is 10.2. The van der Waals surface area contributed by atoms with Crippen LogP contribution in [0.2, 0.25) is 0 Å². The van der Waals surface area contributed by atoms with Crippen LogP contribution < -0.4 is 4.90 Å². The number of nitrogens with zero attached hydrogens (tertiary/aromatic N) is 4. The van der Waals surface area contributed by atoms with Crippen LogP contribution in [0.1, 0.15) is 12.8 Å². The molecule has 1 fully saturated rings. The standard InChI is InChI=1S/C22H20N4OS/c27-17-9-5-11-26(13-17)21-19-18(15-6-2-1-3-7-15)14-28-22(19)25-20(24-21)16-8-4-10-23-12-16/h1-4,6-8,10,12,14,17,27H,5,9,11,13H2/t17-/m0/s1. The second-order valence-corrected chi connectivity index (χ2v) is 7.91. The lowest BCUT2D eigenvalue weighted by Crippen LogP contribution is -2.38. The fraction of sp³-hybridized carbons (Fsp3) is 0.227. The summed E-state index contributed by atoms with van der Waals surface area (Å²) in [6.45, 7) is 1.49. The number of anilines is 1. The highest BCUT2D eigenvalue weighted by atomic mass is 32.1. The van der Waals surface area contributed by atoms with Crippen LogP contribution in [0, 0.1) is 0 Å². The van der Waals surface area contributed by atoms with E-state index in [0.29, 0.717) is 12.4 Å². The highest BCUT2D eigenvalue weighted by molar-refractivity contribution is 7.17. The van der Waals surface area contributed by atoms with Crippen molar-refractivity contribution in [2.45, 2.75) is 18.9 Å². The van der Waals surface area contributed by atoms with Crippen molar-refractivity contribution >= 4 is 27.4 Å². The van der Waals surface area contributed by atoms with Crippen LogP contribution in [0.4, 0.5) is 5.82 Å². The number of aromatic nitrogens is 3. The molecule has 140 valence electrons.